The lowest BCUT2D eigenvalue weighted by atomic mass is 10.3. The van der Waals surface area contributed by atoms with Crippen LogP contribution in [-0.4, -0.2) is 24.5 Å². The largest absolute Gasteiger partial charge is 0.407 e. The number of rotatable bonds is 0. The van der Waals surface area contributed by atoms with Gasteiger partial charge in [-0.05, 0) is 5.16 Å². The Kier molecular flexibility index (Phi) is 1.86. The highest BCUT2D eigenvalue weighted by Gasteiger charge is 2.21. The highest BCUT2D eigenvalue weighted by Crippen LogP contribution is 2.00. The van der Waals surface area contributed by atoms with E-state index in [4.69, 9.17) is 5.73 Å². The van der Waals surface area contributed by atoms with Gasteiger partial charge in [-0.3, -0.25) is 4.79 Å². The molecule has 0 bridgehead atoms. The fourth-order valence-corrected chi connectivity index (χ4v) is 0.562. The molecule has 0 amide bonds. The van der Waals surface area contributed by atoms with Gasteiger partial charge in [0.2, 0.25) is 0 Å². The van der Waals surface area contributed by atoms with Crippen molar-refractivity contribution in [1.82, 2.24) is 0 Å². The highest BCUT2D eigenvalue weighted by molar-refractivity contribution is 5.91. The van der Waals surface area contributed by atoms with Crippen molar-refractivity contribution >= 4 is 11.9 Å². The quantitative estimate of drug-likeness (QED) is 0.452. The van der Waals surface area contributed by atoms with Crippen LogP contribution in [0.25, 0.3) is 0 Å². The van der Waals surface area contributed by atoms with Crippen LogP contribution in [0, 0.1) is 0 Å². The van der Waals surface area contributed by atoms with Crippen LogP contribution in [0.2, 0.25) is 0 Å². The Balaban J connectivity index is 2.47. The summed E-state index contributed by atoms with van der Waals surface area (Å²) in [6.45, 7) is 1.57. The van der Waals surface area contributed by atoms with Gasteiger partial charge in [-0.15, -0.1) is 0 Å². The zero-order valence-corrected chi connectivity index (χ0v) is 5.53. The summed E-state index contributed by atoms with van der Waals surface area (Å²) in [7, 11) is 0. The number of nitrogens with two attached hydrogens (primary N) is 1. The molecule has 0 spiro atoms. The van der Waals surface area contributed by atoms with Crippen molar-refractivity contribution < 1.29 is 14.4 Å². The van der Waals surface area contributed by atoms with Crippen LogP contribution in [-0.2, 0) is 14.4 Å². The van der Waals surface area contributed by atoms with Gasteiger partial charge >= 0.3 is 5.97 Å². The fraction of sp³-hybridized carbons (Fsp3) is 0.600. The van der Waals surface area contributed by atoms with Gasteiger partial charge in [-0.1, -0.05) is 0 Å². The Hall–Kier alpha value is -1.10. The first kappa shape index (κ1) is 7.01. The average molecular weight is 144 g/mol. The van der Waals surface area contributed by atoms with Gasteiger partial charge in [0.05, 0.1) is 0 Å². The lowest BCUT2D eigenvalue weighted by Gasteiger charge is -2.00. The monoisotopic (exact) mass is 144 g/mol. The Morgan fingerprint density at radius 1 is 2.00 bits per heavy atom. The van der Waals surface area contributed by atoms with E-state index >= 15 is 0 Å². The van der Waals surface area contributed by atoms with E-state index in [1.807, 2.05) is 0 Å². The minimum atomic E-state index is -0.431. The molecule has 5 heteroatoms. The van der Waals surface area contributed by atoms with Crippen molar-refractivity contribution in [2.45, 2.75) is 13.0 Å². The van der Waals surface area contributed by atoms with Gasteiger partial charge in [-0.2, -0.15) is 0 Å². The molecular weight excluding hydrogens is 136 g/mol. The molecule has 2 N–H and O–H groups in total. The maximum absolute atomic E-state index is 10.3. The Morgan fingerprint density at radius 2 is 2.70 bits per heavy atom. The maximum Gasteiger partial charge on any atom is 0.309 e. The smallest absolute Gasteiger partial charge is 0.309 e. The molecule has 0 aromatic rings. The van der Waals surface area contributed by atoms with Gasteiger partial charge in [0.15, 0.2) is 0 Å². The van der Waals surface area contributed by atoms with Crippen LogP contribution >= 0.6 is 0 Å². The molecule has 1 rings (SSSR count). The molecule has 56 valence electrons. The summed E-state index contributed by atoms with van der Waals surface area (Å²) >= 11 is 0. The van der Waals surface area contributed by atoms with Crippen molar-refractivity contribution in [2.24, 2.45) is 10.9 Å². The van der Waals surface area contributed by atoms with Crippen LogP contribution in [0.5, 0.6) is 0 Å². The Bertz CT molecular complexity index is 178. The van der Waals surface area contributed by atoms with E-state index in [-0.39, 0.29) is 12.5 Å². The number of hydrogen-bond acceptors (Lipinski definition) is 5. The summed E-state index contributed by atoms with van der Waals surface area (Å²) in [5.41, 5.74) is 5.39. The second kappa shape index (κ2) is 2.66. The van der Waals surface area contributed by atoms with Crippen molar-refractivity contribution in [3.63, 3.8) is 0 Å². The van der Waals surface area contributed by atoms with E-state index in [2.05, 4.69) is 14.7 Å². The molecule has 10 heavy (non-hydrogen) atoms. The van der Waals surface area contributed by atoms with Gasteiger partial charge < -0.3 is 15.3 Å². The molecule has 1 aliphatic heterocycles. The molecular formula is C5H8N2O3. The standard InChI is InChI=1S/C5H8N2O3/c1-3(8)10-5-4(6)2-9-7-5/h4H,2,6H2,1H3/t4-/m1/s1. The van der Waals surface area contributed by atoms with Crippen LogP contribution < -0.4 is 5.73 Å². The molecule has 0 saturated carbocycles. The number of oxime groups is 1. The molecule has 0 saturated heterocycles. The summed E-state index contributed by atoms with van der Waals surface area (Å²) in [5.74, 6) is -0.271. The number of carbonyl (C=O) groups excluding carboxylic acids is 1. The van der Waals surface area contributed by atoms with E-state index in [1.165, 1.54) is 6.92 Å². The lowest BCUT2D eigenvalue weighted by molar-refractivity contribution is -0.133. The first-order valence-electron chi connectivity index (χ1n) is 2.84. The van der Waals surface area contributed by atoms with Crippen LogP contribution in [0.15, 0.2) is 5.16 Å². The average Bonchev–Trinajstić information content (AvgIpc) is 2.15. The summed E-state index contributed by atoms with van der Waals surface area (Å²) in [6, 6.07) is -0.399. The molecule has 1 aliphatic rings. The summed E-state index contributed by atoms with van der Waals surface area (Å²) in [4.78, 5) is 14.9. The van der Waals surface area contributed by atoms with Gasteiger partial charge in [0, 0.05) is 6.92 Å². The predicted octanol–water partition coefficient (Wildman–Crippen LogP) is -0.780. The van der Waals surface area contributed by atoms with E-state index in [9.17, 15) is 4.79 Å². The molecule has 1 atom stereocenters. The third-order valence-corrected chi connectivity index (χ3v) is 0.974. The minimum absolute atomic E-state index is 0.160. The molecule has 0 aromatic heterocycles. The second-order valence-corrected chi connectivity index (χ2v) is 1.93. The van der Waals surface area contributed by atoms with E-state index in [0.29, 0.717) is 0 Å². The van der Waals surface area contributed by atoms with Crippen molar-refractivity contribution in [2.75, 3.05) is 6.61 Å². The number of ether oxygens (including phenoxy) is 1. The van der Waals surface area contributed by atoms with Crippen molar-refractivity contribution in [3.05, 3.63) is 0 Å². The van der Waals surface area contributed by atoms with Gasteiger partial charge in [-0.25, -0.2) is 0 Å². The summed E-state index contributed by atoms with van der Waals surface area (Å²) in [6.07, 6.45) is 0. The van der Waals surface area contributed by atoms with Gasteiger partial charge in [0.1, 0.15) is 12.6 Å². The molecule has 1 heterocycles. The topological polar surface area (TPSA) is 73.9 Å². The van der Waals surface area contributed by atoms with E-state index in [1.54, 1.807) is 0 Å². The molecule has 0 radical (unpaired) electrons. The summed E-state index contributed by atoms with van der Waals surface area (Å²) < 4.78 is 4.58. The third kappa shape index (κ3) is 1.44. The molecule has 0 unspecified atom stereocenters. The SMILES string of the molecule is CC(=O)OC1=NOC[C@H]1N. The minimum Gasteiger partial charge on any atom is -0.407 e. The molecule has 0 aliphatic carbocycles. The molecule has 5 nitrogen and oxygen atoms in total. The summed E-state index contributed by atoms with van der Waals surface area (Å²) in [5, 5.41) is 3.41. The van der Waals surface area contributed by atoms with E-state index in [0.717, 1.165) is 0 Å². The van der Waals surface area contributed by atoms with Crippen LogP contribution in [0.3, 0.4) is 0 Å². The van der Waals surface area contributed by atoms with Crippen LogP contribution in [0.1, 0.15) is 6.92 Å². The van der Waals surface area contributed by atoms with Crippen LogP contribution in [0.4, 0.5) is 0 Å². The number of hydrogen-bond donors (Lipinski definition) is 1. The molecule has 0 fully saturated rings. The fourth-order valence-electron chi connectivity index (χ4n) is 0.562. The Morgan fingerprint density at radius 3 is 3.10 bits per heavy atom. The zero-order chi connectivity index (χ0) is 7.56. The number of nitrogens with zero attached hydrogens (tertiary/aromatic N) is 1. The Labute approximate surface area is 57.8 Å². The molecule has 0 aromatic carbocycles. The first-order valence-corrected chi connectivity index (χ1v) is 2.84. The number of carbonyl (C=O) groups is 1. The third-order valence-electron chi connectivity index (χ3n) is 0.974. The second-order valence-electron chi connectivity index (χ2n) is 1.93. The van der Waals surface area contributed by atoms with Crippen molar-refractivity contribution in [1.29, 1.82) is 0 Å². The zero-order valence-electron chi connectivity index (χ0n) is 5.53. The number of esters is 1. The van der Waals surface area contributed by atoms with E-state index < -0.39 is 12.0 Å². The highest BCUT2D eigenvalue weighted by atomic mass is 16.7. The maximum atomic E-state index is 10.3. The normalized spacial score (nSPS) is 23.4. The first-order chi connectivity index (χ1) is 4.70. The van der Waals surface area contributed by atoms with Gasteiger partial charge in [0.25, 0.3) is 5.90 Å². The lowest BCUT2D eigenvalue weighted by Crippen LogP contribution is -2.32. The predicted molar refractivity (Wildman–Crippen MR) is 33.1 cm³/mol. The van der Waals surface area contributed by atoms with Crippen molar-refractivity contribution in [3.8, 4) is 0 Å².